The number of thiazole rings is 1. The van der Waals surface area contributed by atoms with E-state index < -0.39 is 0 Å². The predicted octanol–water partition coefficient (Wildman–Crippen LogP) is 5.67. The van der Waals surface area contributed by atoms with Crippen molar-refractivity contribution in [2.75, 3.05) is 5.32 Å². The largest absolute Gasteiger partial charge is 0.487 e. The van der Waals surface area contributed by atoms with Gasteiger partial charge in [-0.15, -0.1) is 21.5 Å². The molecule has 178 valence electrons. The highest BCUT2D eigenvalue weighted by Crippen LogP contribution is 2.25. The molecular weight excluding hydrogens is 458 g/mol. The first kappa shape index (κ1) is 23.0. The van der Waals surface area contributed by atoms with Gasteiger partial charge in [0.1, 0.15) is 18.2 Å². The number of hydrogen-bond acceptors (Lipinski definition) is 6. The molecule has 1 N–H and O–H groups in total. The van der Waals surface area contributed by atoms with Gasteiger partial charge in [-0.25, -0.2) is 4.98 Å². The standard InChI is InChI=1S/C27H27N5O2S/c1-19-28-23(18-35-19)17-34-24-11-5-4-8-20(24)13-14-26(33)29-22-10-7-9-21(16-22)27-31-30-25-12-3-2-6-15-32(25)27/h4-5,7-11,13-14,16,18H,2-3,6,12,15,17H2,1H3,(H,29,33)/b14-13+. The zero-order valence-corrected chi connectivity index (χ0v) is 20.4. The number of nitrogens with zero attached hydrogens (tertiary/aromatic N) is 4. The van der Waals surface area contributed by atoms with Crippen molar-refractivity contribution in [3.63, 3.8) is 0 Å². The Morgan fingerprint density at radius 1 is 1.14 bits per heavy atom. The van der Waals surface area contributed by atoms with Crippen molar-refractivity contribution in [3.8, 4) is 17.1 Å². The van der Waals surface area contributed by atoms with E-state index >= 15 is 0 Å². The van der Waals surface area contributed by atoms with Crippen molar-refractivity contribution in [1.29, 1.82) is 0 Å². The average molecular weight is 486 g/mol. The molecule has 35 heavy (non-hydrogen) atoms. The summed E-state index contributed by atoms with van der Waals surface area (Å²) in [7, 11) is 0. The highest BCUT2D eigenvalue weighted by atomic mass is 32.1. The summed E-state index contributed by atoms with van der Waals surface area (Å²) in [6.07, 6.45) is 7.74. The van der Waals surface area contributed by atoms with Crippen LogP contribution in [0.3, 0.4) is 0 Å². The van der Waals surface area contributed by atoms with Crippen LogP contribution in [0.5, 0.6) is 5.75 Å². The maximum Gasteiger partial charge on any atom is 0.248 e. The molecule has 4 aromatic rings. The predicted molar refractivity (Wildman–Crippen MR) is 138 cm³/mol. The molecule has 1 aliphatic rings. The second-order valence-electron chi connectivity index (χ2n) is 8.49. The van der Waals surface area contributed by atoms with Gasteiger partial charge in [0.2, 0.25) is 5.91 Å². The molecule has 0 fully saturated rings. The third-order valence-electron chi connectivity index (χ3n) is 5.87. The van der Waals surface area contributed by atoms with Crippen molar-refractivity contribution in [1.82, 2.24) is 19.7 Å². The summed E-state index contributed by atoms with van der Waals surface area (Å²) < 4.78 is 8.15. The molecule has 0 bridgehead atoms. The molecule has 0 spiro atoms. The maximum atomic E-state index is 12.7. The van der Waals surface area contributed by atoms with Crippen LogP contribution in [0.15, 0.2) is 60.0 Å². The van der Waals surface area contributed by atoms with Crippen LogP contribution in [0.2, 0.25) is 0 Å². The fourth-order valence-corrected chi connectivity index (χ4v) is 4.76. The highest BCUT2D eigenvalue weighted by molar-refractivity contribution is 7.09. The number of fused-ring (bicyclic) bond motifs is 1. The molecule has 0 aliphatic carbocycles. The Hall–Kier alpha value is -3.78. The number of aromatic nitrogens is 4. The van der Waals surface area contributed by atoms with E-state index in [2.05, 4.69) is 25.1 Å². The number of rotatable bonds is 7. The second kappa shape index (κ2) is 10.7. The van der Waals surface area contributed by atoms with Crippen molar-refractivity contribution in [3.05, 3.63) is 82.1 Å². The normalized spacial score (nSPS) is 13.4. The summed E-state index contributed by atoms with van der Waals surface area (Å²) in [5.74, 6) is 2.39. The van der Waals surface area contributed by atoms with Crippen LogP contribution in [0.25, 0.3) is 17.5 Å². The van der Waals surface area contributed by atoms with Gasteiger partial charge in [0.05, 0.1) is 10.7 Å². The number of para-hydroxylation sites is 1. The summed E-state index contributed by atoms with van der Waals surface area (Å²) in [6, 6.07) is 15.4. The first-order chi connectivity index (χ1) is 17.2. The molecule has 1 amide bonds. The molecule has 0 unspecified atom stereocenters. The topological polar surface area (TPSA) is 81.9 Å². The molecule has 0 radical (unpaired) electrons. The minimum absolute atomic E-state index is 0.216. The third kappa shape index (κ3) is 5.66. The summed E-state index contributed by atoms with van der Waals surface area (Å²) in [5, 5.41) is 14.8. The number of aryl methyl sites for hydroxylation is 2. The van der Waals surface area contributed by atoms with Crippen LogP contribution >= 0.6 is 11.3 Å². The number of amides is 1. The quantitative estimate of drug-likeness (QED) is 0.341. The molecule has 2 aromatic carbocycles. The van der Waals surface area contributed by atoms with Gasteiger partial charge in [0.25, 0.3) is 0 Å². The lowest BCUT2D eigenvalue weighted by atomic mass is 10.1. The lowest BCUT2D eigenvalue weighted by molar-refractivity contribution is -0.111. The number of carbonyl (C=O) groups is 1. The van der Waals surface area contributed by atoms with E-state index in [1.807, 2.05) is 60.8 Å². The first-order valence-electron chi connectivity index (χ1n) is 11.8. The summed E-state index contributed by atoms with van der Waals surface area (Å²) in [5.41, 5.74) is 3.39. The Balaban J connectivity index is 1.26. The van der Waals surface area contributed by atoms with Gasteiger partial charge in [0.15, 0.2) is 5.82 Å². The minimum Gasteiger partial charge on any atom is -0.487 e. The van der Waals surface area contributed by atoms with E-state index in [0.29, 0.717) is 18.0 Å². The van der Waals surface area contributed by atoms with E-state index in [1.54, 1.807) is 17.4 Å². The van der Waals surface area contributed by atoms with Gasteiger partial charge < -0.3 is 14.6 Å². The van der Waals surface area contributed by atoms with Crippen LogP contribution in [0.4, 0.5) is 5.69 Å². The fraction of sp³-hybridized carbons (Fsp3) is 0.259. The Morgan fingerprint density at radius 3 is 2.94 bits per heavy atom. The number of nitrogens with one attached hydrogen (secondary N) is 1. The molecule has 8 heteroatoms. The van der Waals surface area contributed by atoms with Crippen LogP contribution in [-0.4, -0.2) is 25.7 Å². The van der Waals surface area contributed by atoms with E-state index in [4.69, 9.17) is 4.74 Å². The molecule has 1 aliphatic heterocycles. The van der Waals surface area contributed by atoms with Crippen LogP contribution in [0, 0.1) is 6.92 Å². The Bertz CT molecular complexity index is 1360. The Kier molecular flexibility index (Phi) is 6.99. The Labute approximate surface area is 208 Å². The van der Waals surface area contributed by atoms with E-state index in [0.717, 1.165) is 59.3 Å². The smallest absolute Gasteiger partial charge is 0.248 e. The summed E-state index contributed by atoms with van der Waals surface area (Å²) in [6.45, 7) is 3.29. The third-order valence-corrected chi connectivity index (χ3v) is 6.70. The fourth-order valence-electron chi connectivity index (χ4n) is 4.16. The van der Waals surface area contributed by atoms with Gasteiger partial charge in [-0.05, 0) is 44.0 Å². The van der Waals surface area contributed by atoms with E-state index in [1.165, 1.54) is 12.5 Å². The van der Waals surface area contributed by atoms with Gasteiger partial charge in [-0.1, -0.05) is 36.8 Å². The molecule has 0 atom stereocenters. The molecule has 7 nitrogen and oxygen atoms in total. The minimum atomic E-state index is -0.216. The van der Waals surface area contributed by atoms with E-state index in [9.17, 15) is 4.79 Å². The molecule has 2 aromatic heterocycles. The molecular formula is C27H27N5O2S. The van der Waals surface area contributed by atoms with Crippen molar-refractivity contribution >= 4 is 29.0 Å². The molecule has 5 rings (SSSR count). The van der Waals surface area contributed by atoms with Gasteiger partial charge in [-0.3, -0.25) is 4.79 Å². The zero-order valence-electron chi connectivity index (χ0n) is 19.6. The SMILES string of the molecule is Cc1nc(COc2ccccc2/C=C/C(=O)Nc2cccc(-c3nnc4n3CCCCC4)c2)cs1. The van der Waals surface area contributed by atoms with Crippen molar-refractivity contribution in [2.24, 2.45) is 0 Å². The number of carbonyl (C=O) groups excluding carboxylic acids is 1. The molecule has 3 heterocycles. The van der Waals surface area contributed by atoms with E-state index in [-0.39, 0.29) is 5.91 Å². The number of anilines is 1. The number of ether oxygens (including phenoxy) is 1. The van der Waals surface area contributed by atoms with Crippen LogP contribution in [0.1, 0.15) is 41.4 Å². The summed E-state index contributed by atoms with van der Waals surface area (Å²) in [4.78, 5) is 17.1. The first-order valence-corrected chi connectivity index (χ1v) is 12.7. The highest BCUT2D eigenvalue weighted by Gasteiger charge is 2.16. The number of hydrogen-bond donors (Lipinski definition) is 1. The molecule has 0 saturated carbocycles. The van der Waals surface area contributed by atoms with Gasteiger partial charge in [0, 0.05) is 41.2 Å². The van der Waals surface area contributed by atoms with Crippen LogP contribution < -0.4 is 10.1 Å². The van der Waals surface area contributed by atoms with Gasteiger partial charge in [-0.2, -0.15) is 0 Å². The lowest BCUT2D eigenvalue weighted by Gasteiger charge is -2.09. The van der Waals surface area contributed by atoms with Crippen molar-refractivity contribution in [2.45, 2.75) is 45.8 Å². The van der Waals surface area contributed by atoms with Crippen LogP contribution in [-0.2, 0) is 24.4 Å². The average Bonchev–Trinajstić information content (AvgIpc) is 3.40. The molecule has 0 saturated heterocycles. The second-order valence-corrected chi connectivity index (χ2v) is 9.55. The summed E-state index contributed by atoms with van der Waals surface area (Å²) >= 11 is 1.60. The lowest BCUT2D eigenvalue weighted by Crippen LogP contribution is -2.08. The van der Waals surface area contributed by atoms with Crippen molar-refractivity contribution < 1.29 is 9.53 Å². The monoisotopic (exact) mass is 485 g/mol. The zero-order chi connectivity index (χ0) is 24.0. The van der Waals surface area contributed by atoms with Gasteiger partial charge >= 0.3 is 0 Å². The Morgan fingerprint density at radius 2 is 2.06 bits per heavy atom. The maximum absolute atomic E-state index is 12.7. The number of benzene rings is 2.